The maximum Gasteiger partial charge on any atom is 0.258 e. The van der Waals surface area contributed by atoms with E-state index in [-0.39, 0.29) is 12.5 Å². The van der Waals surface area contributed by atoms with E-state index < -0.39 is 0 Å². The van der Waals surface area contributed by atoms with Crippen LogP contribution in [0.1, 0.15) is 16.7 Å². The summed E-state index contributed by atoms with van der Waals surface area (Å²) in [5.41, 5.74) is 3.04. The number of carbonyl (C=O) groups is 1. The molecule has 3 aromatic rings. The first-order valence-electron chi connectivity index (χ1n) is 8.41. The normalized spacial score (nSPS) is 10.6. The molecule has 0 fully saturated rings. The number of aromatic nitrogens is 2. The molecule has 140 valence electrons. The topological polar surface area (TPSA) is 56.1 Å². The predicted molar refractivity (Wildman–Crippen MR) is 109 cm³/mol. The number of carbonyl (C=O) groups excluding carboxylic acids is 1. The molecule has 3 rings (SSSR count). The third-order valence-corrected chi connectivity index (χ3v) is 4.70. The SMILES string of the molecule is Cc1cc(Br)cc(Cl)c1OCC(=O)NCc1ccc(Cn2cccn2)cc1. The van der Waals surface area contributed by atoms with Gasteiger partial charge in [-0.3, -0.25) is 9.48 Å². The van der Waals surface area contributed by atoms with Gasteiger partial charge in [0.05, 0.1) is 11.6 Å². The van der Waals surface area contributed by atoms with Crippen LogP contribution in [0.4, 0.5) is 0 Å². The minimum absolute atomic E-state index is 0.0838. The van der Waals surface area contributed by atoms with E-state index in [9.17, 15) is 4.79 Å². The average molecular weight is 449 g/mol. The molecule has 0 radical (unpaired) electrons. The molecule has 0 bridgehead atoms. The fourth-order valence-electron chi connectivity index (χ4n) is 2.60. The molecule has 0 spiro atoms. The number of amides is 1. The Morgan fingerprint density at radius 1 is 1.26 bits per heavy atom. The Morgan fingerprint density at radius 2 is 2.00 bits per heavy atom. The van der Waals surface area contributed by atoms with Gasteiger partial charge < -0.3 is 10.1 Å². The molecule has 1 heterocycles. The number of benzene rings is 2. The Morgan fingerprint density at radius 3 is 2.67 bits per heavy atom. The Balaban J connectivity index is 1.48. The molecule has 0 aliphatic heterocycles. The van der Waals surface area contributed by atoms with Crippen molar-refractivity contribution in [2.75, 3.05) is 6.61 Å². The summed E-state index contributed by atoms with van der Waals surface area (Å²) in [4.78, 5) is 12.1. The summed E-state index contributed by atoms with van der Waals surface area (Å²) >= 11 is 9.54. The number of rotatable bonds is 7. The zero-order valence-electron chi connectivity index (χ0n) is 14.8. The van der Waals surface area contributed by atoms with E-state index in [1.807, 2.05) is 54.2 Å². The second-order valence-electron chi connectivity index (χ2n) is 6.12. The molecule has 7 heteroatoms. The quantitative estimate of drug-likeness (QED) is 0.584. The van der Waals surface area contributed by atoms with Gasteiger partial charge in [-0.2, -0.15) is 5.10 Å². The smallest absolute Gasteiger partial charge is 0.258 e. The van der Waals surface area contributed by atoms with Gasteiger partial charge in [-0.05, 0) is 41.8 Å². The lowest BCUT2D eigenvalue weighted by Gasteiger charge is -2.12. The minimum atomic E-state index is -0.200. The zero-order chi connectivity index (χ0) is 19.2. The maximum absolute atomic E-state index is 12.1. The zero-order valence-corrected chi connectivity index (χ0v) is 17.1. The Bertz CT molecular complexity index is 888. The summed E-state index contributed by atoms with van der Waals surface area (Å²) in [6.45, 7) is 2.96. The first-order valence-corrected chi connectivity index (χ1v) is 9.59. The molecule has 0 aliphatic rings. The van der Waals surface area contributed by atoms with Gasteiger partial charge in [-0.25, -0.2) is 0 Å². The van der Waals surface area contributed by atoms with Crippen molar-refractivity contribution >= 4 is 33.4 Å². The summed E-state index contributed by atoms with van der Waals surface area (Å²) < 4.78 is 8.31. The molecule has 0 atom stereocenters. The van der Waals surface area contributed by atoms with Crippen LogP contribution < -0.4 is 10.1 Å². The molecule has 0 saturated heterocycles. The van der Waals surface area contributed by atoms with E-state index in [2.05, 4.69) is 26.3 Å². The average Bonchev–Trinajstić information content (AvgIpc) is 3.13. The van der Waals surface area contributed by atoms with Crippen molar-refractivity contribution in [1.29, 1.82) is 0 Å². The van der Waals surface area contributed by atoms with Gasteiger partial charge in [-0.1, -0.05) is 51.8 Å². The molecule has 1 N–H and O–H groups in total. The van der Waals surface area contributed by atoms with Crippen molar-refractivity contribution in [1.82, 2.24) is 15.1 Å². The molecule has 1 aromatic heterocycles. The van der Waals surface area contributed by atoms with Crippen molar-refractivity contribution in [2.24, 2.45) is 0 Å². The van der Waals surface area contributed by atoms with Gasteiger partial charge in [0, 0.05) is 23.4 Å². The third-order valence-electron chi connectivity index (χ3n) is 3.96. The van der Waals surface area contributed by atoms with Crippen LogP contribution in [-0.2, 0) is 17.9 Å². The lowest BCUT2D eigenvalue weighted by atomic mass is 10.1. The van der Waals surface area contributed by atoms with Gasteiger partial charge in [0.1, 0.15) is 5.75 Å². The highest BCUT2D eigenvalue weighted by Crippen LogP contribution is 2.31. The third kappa shape index (κ3) is 5.58. The number of halogens is 2. The molecule has 1 amide bonds. The van der Waals surface area contributed by atoms with Crippen molar-refractivity contribution in [3.8, 4) is 5.75 Å². The highest BCUT2D eigenvalue weighted by Gasteiger charge is 2.10. The lowest BCUT2D eigenvalue weighted by molar-refractivity contribution is -0.123. The number of ether oxygens (including phenoxy) is 1. The lowest BCUT2D eigenvalue weighted by Crippen LogP contribution is -2.28. The maximum atomic E-state index is 12.1. The van der Waals surface area contributed by atoms with Crippen LogP contribution in [0.15, 0.2) is 59.3 Å². The summed E-state index contributed by atoms with van der Waals surface area (Å²) in [5, 5.41) is 7.51. The van der Waals surface area contributed by atoms with Crippen molar-refractivity contribution in [3.05, 3.63) is 81.0 Å². The Labute approximate surface area is 171 Å². The largest absolute Gasteiger partial charge is 0.482 e. The fourth-order valence-corrected chi connectivity index (χ4v) is 3.63. The summed E-state index contributed by atoms with van der Waals surface area (Å²) in [7, 11) is 0. The molecular weight excluding hydrogens is 430 g/mol. The van der Waals surface area contributed by atoms with E-state index in [0.29, 0.717) is 17.3 Å². The number of aryl methyl sites for hydroxylation is 1. The highest BCUT2D eigenvalue weighted by molar-refractivity contribution is 9.10. The summed E-state index contributed by atoms with van der Waals surface area (Å²) in [6, 6.07) is 13.6. The number of nitrogens with one attached hydrogen (secondary N) is 1. The van der Waals surface area contributed by atoms with Crippen LogP contribution in [0, 0.1) is 6.92 Å². The molecule has 2 aromatic carbocycles. The molecule has 0 unspecified atom stereocenters. The van der Waals surface area contributed by atoms with Crippen LogP contribution in [0.2, 0.25) is 5.02 Å². The Hall–Kier alpha value is -2.31. The number of hydrogen-bond acceptors (Lipinski definition) is 3. The minimum Gasteiger partial charge on any atom is -0.482 e. The second kappa shape index (κ2) is 9.06. The van der Waals surface area contributed by atoms with Gasteiger partial charge in [0.25, 0.3) is 5.91 Å². The molecule has 27 heavy (non-hydrogen) atoms. The standard InChI is InChI=1S/C20H19BrClN3O2/c1-14-9-17(21)10-18(22)20(14)27-13-19(26)23-11-15-3-5-16(6-4-15)12-25-8-2-7-24-25/h2-10H,11-13H2,1H3,(H,23,26). The summed E-state index contributed by atoms with van der Waals surface area (Å²) in [5.74, 6) is 0.326. The molecule has 0 aliphatic carbocycles. The fraction of sp³-hybridized carbons (Fsp3) is 0.200. The second-order valence-corrected chi connectivity index (χ2v) is 7.44. The van der Waals surface area contributed by atoms with Gasteiger partial charge >= 0.3 is 0 Å². The van der Waals surface area contributed by atoms with Crippen molar-refractivity contribution in [3.63, 3.8) is 0 Å². The van der Waals surface area contributed by atoms with E-state index in [4.69, 9.17) is 16.3 Å². The van der Waals surface area contributed by atoms with Gasteiger partial charge in [0.2, 0.25) is 0 Å². The predicted octanol–water partition coefficient (Wildman–Crippen LogP) is 4.35. The molecule has 5 nitrogen and oxygen atoms in total. The first kappa shape index (κ1) is 19.5. The summed E-state index contributed by atoms with van der Waals surface area (Å²) in [6.07, 6.45) is 3.68. The van der Waals surface area contributed by atoms with Crippen molar-refractivity contribution < 1.29 is 9.53 Å². The Kier molecular flexibility index (Phi) is 6.53. The van der Waals surface area contributed by atoms with Gasteiger partial charge in [-0.15, -0.1) is 0 Å². The molecule has 0 saturated carbocycles. The van der Waals surface area contributed by atoms with Crippen LogP contribution in [0.3, 0.4) is 0 Å². The van der Waals surface area contributed by atoms with Crippen LogP contribution in [0.25, 0.3) is 0 Å². The van der Waals surface area contributed by atoms with Crippen LogP contribution >= 0.6 is 27.5 Å². The van der Waals surface area contributed by atoms with E-state index in [1.165, 1.54) is 0 Å². The van der Waals surface area contributed by atoms with Crippen LogP contribution in [-0.4, -0.2) is 22.3 Å². The number of hydrogen-bond donors (Lipinski definition) is 1. The first-order chi connectivity index (χ1) is 13.0. The van der Waals surface area contributed by atoms with Gasteiger partial charge in [0.15, 0.2) is 6.61 Å². The van der Waals surface area contributed by atoms with E-state index in [0.717, 1.165) is 27.7 Å². The van der Waals surface area contributed by atoms with Crippen molar-refractivity contribution in [2.45, 2.75) is 20.0 Å². The van der Waals surface area contributed by atoms with Crippen LogP contribution in [0.5, 0.6) is 5.75 Å². The molecular formula is C20H19BrClN3O2. The van der Waals surface area contributed by atoms with E-state index >= 15 is 0 Å². The van der Waals surface area contributed by atoms with E-state index in [1.54, 1.807) is 12.3 Å². The number of nitrogens with zero attached hydrogens (tertiary/aromatic N) is 2. The highest BCUT2D eigenvalue weighted by atomic mass is 79.9. The monoisotopic (exact) mass is 447 g/mol.